The van der Waals surface area contributed by atoms with E-state index in [2.05, 4.69) is 15.9 Å². The van der Waals surface area contributed by atoms with E-state index in [1.807, 2.05) is 24.3 Å². The SMILES string of the molecule is COCC(COC)(C(C)=O)c1cccc(Br)c1. The first-order valence-corrected chi connectivity index (χ1v) is 6.11. The Morgan fingerprint density at radius 2 is 1.88 bits per heavy atom. The number of hydrogen-bond donors (Lipinski definition) is 0. The molecule has 0 atom stereocenters. The minimum Gasteiger partial charge on any atom is -0.383 e. The third-order valence-electron chi connectivity index (χ3n) is 2.83. The zero-order valence-corrected chi connectivity index (χ0v) is 11.9. The summed E-state index contributed by atoms with van der Waals surface area (Å²) in [5.74, 6) is 0.0410. The van der Waals surface area contributed by atoms with Gasteiger partial charge in [-0.3, -0.25) is 4.79 Å². The second-order valence-corrected chi connectivity index (χ2v) is 4.93. The molecule has 3 nitrogen and oxygen atoms in total. The molecule has 0 N–H and O–H groups in total. The van der Waals surface area contributed by atoms with Crippen molar-refractivity contribution < 1.29 is 14.3 Å². The summed E-state index contributed by atoms with van der Waals surface area (Å²) < 4.78 is 11.3. The van der Waals surface area contributed by atoms with E-state index in [-0.39, 0.29) is 5.78 Å². The van der Waals surface area contributed by atoms with Gasteiger partial charge in [0.25, 0.3) is 0 Å². The van der Waals surface area contributed by atoms with E-state index in [0.29, 0.717) is 13.2 Å². The Labute approximate surface area is 110 Å². The molecular weight excluding hydrogens is 284 g/mol. The Hall–Kier alpha value is -0.710. The van der Waals surface area contributed by atoms with Crippen LogP contribution in [0.5, 0.6) is 0 Å². The molecule has 0 unspecified atom stereocenters. The first kappa shape index (κ1) is 14.4. The highest BCUT2D eigenvalue weighted by atomic mass is 79.9. The van der Waals surface area contributed by atoms with E-state index in [1.54, 1.807) is 21.1 Å². The number of hydrogen-bond acceptors (Lipinski definition) is 3. The molecule has 0 saturated heterocycles. The van der Waals surface area contributed by atoms with Crippen LogP contribution < -0.4 is 0 Å². The minimum atomic E-state index is -0.729. The third-order valence-corrected chi connectivity index (χ3v) is 3.33. The zero-order chi connectivity index (χ0) is 12.9. The topological polar surface area (TPSA) is 35.5 Å². The van der Waals surface area contributed by atoms with Gasteiger partial charge < -0.3 is 9.47 Å². The van der Waals surface area contributed by atoms with Crippen LogP contribution in [0.15, 0.2) is 28.7 Å². The molecule has 0 aromatic heterocycles. The van der Waals surface area contributed by atoms with Gasteiger partial charge in [0.05, 0.1) is 13.2 Å². The summed E-state index contributed by atoms with van der Waals surface area (Å²) >= 11 is 3.41. The van der Waals surface area contributed by atoms with Crippen molar-refractivity contribution in [2.75, 3.05) is 27.4 Å². The van der Waals surface area contributed by atoms with Gasteiger partial charge in [-0.25, -0.2) is 0 Å². The maximum atomic E-state index is 12.0. The van der Waals surface area contributed by atoms with Crippen molar-refractivity contribution in [3.05, 3.63) is 34.3 Å². The van der Waals surface area contributed by atoms with Crippen molar-refractivity contribution in [2.45, 2.75) is 12.3 Å². The van der Waals surface area contributed by atoms with Gasteiger partial charge in [0.15, 0.2) is 0 Å². The van der Waals surface area contributed by atoms with Gasteiger partial charge >= 0.3 is 0 Å². The molecule has 0 saturated carbocycles. The van der Waals surface area contributed by atoms with Crippen molar-refractivity contribution in [2.24, 2.45) is 0 Å². The number of carbonyl (C=O) groups is 1. The molecule has 0 aliphatic carbocycles. The molecule has 1 aromatic rings. The van der Waals surface area contributed by atoms with Crippen LogP contribution in [0, 0.1) is 0 Å². The molecule has 0 aliphatic heterocycles. The number of benzene rings is 1. The largest absolute Gasteiger partial charge is 0.383 e. The van der Waals surface area contributed by atoms with Crippen LogP contribution >= 0.6 is 15.9 Å². The Balaban J connectivity index is 3.24. The molecule has 1 rings (SSSR count). The van der Waals surface area contributed by atoms with Gasteiger partial charge in [0.2, 0.25) is 0 Å². The lowest BCUT2D eigenvalue weighted by molar-refractivity contribution is -0.126. The molecule has 0 fully saturated rings. The number of carbonyl (C=O) groups excluding carboxylic acids is 1. The number of ketones is 1. The van der Waals surface area contributed by atoms with E-state index in [4.69, 9.17) is 9.47 Å². The Morgan fingerprint density at radius 1 is 1.29 bits per heavy atom. The maximum absolute atomic E-state index is 12.0. The molecule has 0 spiro atoms. The van der Waals surface area contributed by atoms with Crippen molar-refractivity contribution in [3.63, 3.8) is 0 Å². The van der Waals surface area contributed by atoms with Crippen LogP contribution in [0.25, 0.3) is 0 Å². The molecule has 0 amide bonds. The molecule has 0 heterocycles. The highest BCUT2D eigenvalue weighted by Crippen LogP contribution is 2.28. The van der Waals surface area contributed by atoms with E-state index >= 15 is 0 Å². The minimum absolute atomic E-state index is 0.0410. The number of ether oxygens (including phenoxy) is 2. The number of halogens is 1. The summed E-state index contributed by atoms with van der Waals surface area (Å²) in [5, 5.41) is 0. The fourth-order valence-electron chi connectivity index (χ4n) is 1.89. The van der Waals surface area contributed by atoms with Gasteiger partial charge in [0.1, 0.15) is 11.2 Å². The summed E-state index contributed by atoms with van der Waals surface area (Å²) in [6, 6.07) is 7.68. The summed E-state index contributed by atoms with van der Waals surface area (Å²) in [5.41, 5.74) is 0.177. The zero-order valence-electron chi connectivity index (χ0n) is 10.3. The molecule has 17 heavy (non-hydrogen) atoms. The highest BCUT2D eigenvalue weighted by molar-refractivity contribution is 9.10. The molecule has 4 heteroatoms. The van der Waals surface area contributed by atoms with Crippen LogP contribution in [0.2, 0.25) is 0 Å². The fraction of sp³-hybridized carbons (Fsp3) is 0.462. The van der Waals surface area contributed by atoms with Crippen molar-refractivity contribution in [1.82, 2.24) is 0 Å². The lowest BCUT2D eigenvalue weighted by atomic mass is 9.78. The first-order valence-electron chi connectivity index (χ1n) is 5.32. The van der Waals surface area contributed by atoms with Crippen LogP contribution in [0.1, 0.15) is 12.5 Å². The van der Waals surface area contributed by atoms with Crippen molar-refractivity contribution in [1.29, 1.82) is 0 Å². The summed E-state index contributed by atoms with van der Waals surface area (Å²) in [6.07, 6.45) is 0. The van der Waals surface area contributed by atoms with Crippen LogP contribution in [0.4, 0.5) is 0 Å². The van der Waals surface area contributed by atoms with E-state index < -0.39 is 5.41 Å². The van der Waals surface area contributed by atoms with Crippen molar-refractivity contribution >= 4 is 21.7 Å². The van der Waals surface area contributed by atoms with Crippen LogP contribution in [-0.2, 0) is 19.7 Å². The van der Waals surface area contributed by atoms with Gasteiger partial charge in [-0.05, 0) is 24.6 Å². The number of Topliss-reactive ketones (excluding diaryl/α,β-unsaturated/α-hetero) is 1. The Kier molecular flexibility index (Phi) is 5.31. The van der Waals surface area contributed by atoms with E-state index in [1.165, 1.54) is 0 Å². The van der Waals surface area contributed by atoms with Crippen LogP contribution in [-0.4, -0.2) is 33.2 Å². The van der Waals surface area contributed by atoms with Gasteiger partial charge in [-0.15, -0.1) is 0 Å². The summed E-state index contributed by atoms with van der Waals surface area (Å²) in [6.45, 7) is 2.19. The van der Waals surface area contributed by atoms with Crippen molar-refractivity contribution in [3.8, 4) is 0 Å². The van der Waals surface area contributed by atoms with Gasteiger partial charge in [-0.2, -0.15) is 0 Å². The quantitative estimate of drug-likeness (QED) is 0.810. The molecule has 0 aliphatic rings. The summed E-state index contributed by atoms with van der Waals surface area (Å²) in [7, 11) is 3.18. The average molecular weight is 301 g/mol. The Morgan fingerprint density at radius 3 is 2.29 bits per heavy atom. The molecule has 94 valence electrons. The normalized spacial score (nSPS) is 11.5. The predicted octanol–water partition coefficient (Wildman–Crippen LogP) is 2.57. The highest BCUT2D eigenvalue weighted by Gasteiger charge is 2.37. The number of rotatable bonds is 6. The standard InChI is InChI=1S/C13H17BrO3/c1-10(15)13(8-16-2,9-17-3)11-5-4-6-12(14)7-11/h4-7H,8-9H2,1-3H3. The van der Waals surface area contributed by atoms with Gasteiger partial charge in [0, 0.05) is 18.7 Å². The maximum Gasteiger partial charge on any atom is 0.145 e. The molecule has 1 aromatic carbocycles. The second-order valence-electron chi connectivity index (χ2n) is 4.01. The third kappa shape index (κ3) is 3.15. The average Bonchev–Trinajstić information content (AvgIpc) is 2.28. The fourth-order valence-corrected chi connectivity index (χ4v) is 2.29. The lowest BCUT2D eigenvalue weighted by Crippen LogP contribution is -2.43. The second kappa shape index (κ2) is 6.28. The predicted molar refractivity (Wildman–Crippen MR) is 70.3 cm³/mol. The number of methoxy groups -OCH3 is 2. The smallest absolute Gasteiger partial charge is 0.145 e. The van der Waals surface area contributed by atoms with E-state index in [9.17, 15) is 4.79 Å². The summed E-state index contributed by atoms with van der Waals surface area (Å²) in [4.78, 5) is 12.0. The van der Waals surface area contributed by atoms with Gasteiger partial charge in [-0.1, -0.05) is 28.1 Å². The lowest BCUT2D eigenvalue weighted by Gasteiger charge is -2.30. The Bertz CT molecular complexity index is 384. The van der Waals surface area contributed by atoms with Crippen LogP contribution in [0.3, 0.4) is 0 Å². The monoisotopic (exact) mass is 300 g/mol. The molecule has 0 bridgehead atoms. The van der Waals surface area contributed by atoms with E-state index in [0.717, 1.165) is 10.0 Å². The first-order chi connectivity index (χ1) is 8.06. The molecular formula is C13H17BrO3. The molecule has 0 radical (unpaired) electrons.